The second-order valence-electron chi connectivity index (χ2n) is 8.69. The fourth-order valence-electron chi connectivity index (χ4n) is 4.30. The molecule has 1 aliphatic heterocycles. The van der Waals surface area contributed by atoms with E-state index in [1.807, 2.05) is 0 Å². The SMILES string of the molecule is CN(C)/C=C(/C=C1\CCCC2=C1O[C@H](N(C)C)C(c1ccccc1)=C2)c1ccccc1. The molecule has 2 aromatic carbocycles. The van der Waals surface area contributed by atoms with Crippen LogP contribution in [0.3, 0.4) is 0 Å². The van der Waals surface area contributed by atoms with E-state index in [4.69, 9.17) is 4.74 Å². The monoisotopic (exact) mass is 412 g/mol. The van der Waals surface area contributed by atoms with Crippen LogP contribution in [-0.4, -0.2) is 44.2 Å². The quantitative estimate of drug-likeness (QED) is 0.603. The Balaban J connectivity index is 1.78. The first kappa shape index (κ1) is 21.2. The molecule has 0 N–H and O–H groups in total. The molecule has 160 valence electrons. The molecule has 0 saturated heterocycles. The fraction of sp³-hybridized carbons (Fsp3) is 0.286. The molecule has 1 atom stereocenters. The average molecular weight is 413 g/mol. The van der Waals surface area contributed by atoms with Crippen molar-refractivity contribution in [2.75, 3.05) is 28.2 Å². The molecule has 1 heterocycles. The summed E-state index contributed by atoms with van der Waals surface area (Å²) < 4.78 is 6.70. The molecular weight excluding hydrogens is 380 g/mol. The summed E-state index contributed by atoms with van der Waals surface area (Å²) in [5.41, 5.74) is 7.48. The summed E-state index contributed by atoms with van der Waals surface area (Å²) in [6.07, 6.45) is 10.0. The molecule has 4 rings (SSSR count). The van der Waals surface area contributed by atoms with Gasteiger partial charge in [-0.3, -0.25) is 4.90 Å². The van der Waals surface area contributed by atoms with Gasteiger partial charge in [-0.05, 0) is 73.4 Å². The molecule has 0 saturated carbocycles. The van der Waals surface area contributed by atoms with Gasteiger partial charge in [-0.15, -0.1) is 0 Å². The Morgan fingerprint density at radius 3 is 2.23 bits per heavy atom. The Morgan fingerprint density at radius 1 is 0.903 bits per heavy atom. The highest BCUT2D eigenvalue weighted by Crippen LogP contribution is 2.41. The number of allylic oxidation sites excluding steroid dienone is 5. The van der Waals surface area contributed by atoms with Crippen molar-refractivity contribution in [2.24, 2.45) is 0 Å². The molecule has 31 heavy (non-hydrogen) atoms. The third-order valence-electron chi connectivity index (χ3n) is 5.71. The molecule has 3 nitrogen and oxygen atoms in total. The molecule has 0 amide bonds. The summed E-state index contributed by atoms with van der Waals surface area (Å²) >= 11 is 0. The number of nitrogens with zero attached hydrogens (tertiary/aromatic N) is 2. The number of benzene rings is 2. The van der Waals surface area contributed by atoms with E-state index >= 15 is 0 Å². The van der Waals surface area contributed by atoms with Crippen molar-refractivity contribution in [3.8, 4) is 0 Å². The molecule has 1 aliphatic carbocycles. The van der Waals surface area contributed by atoms with Crippen molar-refractivity contribution in [1.29, 1.82) is 0 Å². The normalized spacial score (nSPS) is 20.4. The Bertz CT molecular complexity index is 1030. The van der Waals surface area contributed by atoms with Crippen LogP contribution in [0.4, 0.5) is 0 Å². The average Bonchev–Trinajstić information content (AvgIpc) is 2.79. The van der Waals surface area contributed by atoms with Crippen LogP contribution in [0.5, 0.6) is 0 Å². The van der Waals surface area contributed by atoms with E-state index in [1.165, 1.54) is 33.4 Å². The van der Waals surface area contributed by atoms with E-state index in [0.717, 1.165) is 25.0 Å². The Labute approximate surface area is 186 Å². The lowest BCUT2D eigenvalue weighted by molar-refractivity contribution is 0.0503. The third kappa shape index (κ3) is 4.83. The van der Waals surface area contributed by atoms with Gasteiger partial charge in [-0.1, -0.05) is 60.7 Å². The van der Waals surface area contributed by atoms with Gasteiger partial charge in [0.25, 0.3) is 0 Å². The number of hydrogen-bond acceptors (Lipinski definition) is 3. The molecule has 0 bridgehead atoms. The lowest BCUT2D eigenvalue weighted by atomic mass is 9.87. The van der Waals surface area contributed by atoms with Crippen LogP contribution in [0.25, 0.3) is 11.1 Å². The lowest BCUT2D eigenvalue weighted by Crippen LogP contribution is -2.34. The minimum Gasteiger partial charge on any atom is -0.470 e. The van der Waals surface area contributed by atoms with Crippen LogP contribution in [0.15, 0.2) is 95.9 Å². The first-order valence-electron chi connectivity index (χ1n) is 11.0. The van der Waals surface area contributed by atoms with Crippen LogP contribution in [0, 0.1) is 0 Å². The third-order valence-corrected chi connectivity index (χ3v) is 5.71. The molecule has 0 unspecified atom stereocenters. The van der Waals surface area contributed by atoms with Gasteiger partial charge < -0.3 is 9.64 Å². The first-order chi connectivity index (χ1) is 15.0. The Morgan fingerprint density at radius 2 is 1.58 bits per heavy atom. The zero-order valence-electron chi connectivity index (χ0n) is 19.0. The predicted octanol–water partition coefficient (Wildman–Crippen LogP) is 5.96. The smallest absolute Gasteiger partial charge is 0.179 e. The van der Waals surface area contributed by atoms with Gasteiger partial charge in [0.05, 0.1) is 0 Å². The van der Waals surface area contributed by atoms with Crippen LogP contribution in [0.2, 0.25) is 0 Å². The summed E-state index contributed by atoms with van der Waals surface area (Å²) in [6, 6.07) is 21.2. The zero-order chi connectivity index (χ0) is 21.8. The molecule has 0 spiro atoms. The van der Waals surface area contributed by atoms with Crippen molar-refractivity contribution < 1.29 is 4.74 Å². The maximum atomic E-state index is 6.70. The minimum absolute atomic E-state index is 0.0966. The van der Waals surface area contributed by atoms with Gasteiger partial charge in [0.15, 0.2) is 6.23 Å². The highest BCUT2D eigenvalue weighted by Gasteiger charge is 2.30. The summed E-state index contributed by atoms with van der Waals surface area (Å²) in [4.78, 5) is 4.26. The zero-order valence-corrected chi connectivity index (χ0v) is 19.0. The van der Waals surface area contributed by atoms with E-state index in [9.17, 15) is 0 Å². The molecule has 2 aromatic rings. The van der Waals surface area contributed by atoms with E-state index in [2.05, 4.69) is 117 Å². The van der Waals surface area contributed by atoms with Gasteiger partial charge in [0, 0.05) is 25.9 Å². The fourth-order valence-corrected chi connectivity index (χ4v) is 4.30. The number of ether oxygens (including phenoxy) is 1. The van der Waals surface area contributed by atoms with E-state index in [0.29, 0.717) is 0 Å². The number of likely N-dealkylation sites (N-methyl/N-ethyl adjacent to an activating group) is 1. The first-order valence-corrected chi connectivity index (χ1v) is 11.0. The molecule has 2 aliphatic rings. The van der Waals surface area contributed by atoms with Crippen LogP contribution < -0.4 is 0 Å². The van der Waals surface area contributed by atoms with Crippen molar-refractivity contribution in [3.05, 3.63) is 107 Å². The standard InChI is InChI=1S/C28H32N2O/c1-29(2)20-25(21-12-7-5-8-13-21)18-23-16-11-17-24-19-26(22-14-9-6-10-15-22)28(30(3)4)31-27(23)24/h5-10,12-15,18-20,28H,11,16-17H2,1-4H3/b23-18+,25-20-/t28-/m0/s1. The highest BCUT2D eigenvalue weighted by atomic mass is 16.5. The van der Waals surface area contributed by atoms with Gasteiger partial charge in [-0.25, -0.2) is 0 Å². The van der Waals surface area contributed by atoms with Crippen molar-refractivity contribution >= 4 is 11.1 Å². The van der Waals surface area contributed by atoms with Gasteiger partial charge >= 0.3 is 0 Å². The van der Waals surface area contributed by atoms with E-state index < -0.39 is 0 Å². The lowest BCUT2D eigenvalue weighted by Gasteiger charge is -2.36. The number of rotatable bonds is 5. The largest absolute Gasteiger partial charge is 0.470 e. The summed E-state index contributed by atoms with van der Waals surface area (Å²) in [7, 11) is 8.31. The molecular formula is C28H32N2O. The topological polar surface area (TPSA) is 15.7 Å². The van der Waals surface area contributed by atoms with Crippen LogP contribution in [-0.2, 0) is 4.74 Å². The Kier molecular flexibility index (Phi) is 6.43. The molecule has 0 radical (unpaired) electrons. The van der Waals surface area contributed by atoms with E-state index in [-0.39, 0.29) is 6.23 Å². The molecule has 0 fully saturated rings. The maximum absolute atomic E-state index is 6.70. The van der Waals surface area contributed by atoms with Crippen LogP contribution >= 0.6 is 0 Å². The second-order valence-corrected chi connectivity index (χ2v) is 8.69. The minimum atomic E-state index is -0.0966. The van der Waals surface area contributed by atoms with E-state index in [1.54, 1.807) is 0 Å². The van der Waals surface area contributed by atoms with Crippen LogP contribution in [0.1, 0.15) is 30.4 Å². The highest BCUT2D eigenvalue weighted by molar-refractivity contribution is 5.77. The van der Waals surface area contributed by atoms with Crippen molar-refractivity contribution in [3.63, 3.8) is 0 Å². The maximum Gasteiger partial charge on any atom is 0.179 e. The second kappa shape index (κ2) is 9.40. The van der Waals surface area contributed by atoms with Crippen molar-refractivity contribution in [1.82, 2.24) is 9.80 Å². The van der Waals surface area contributed by atoms with Crippen molar-refractivity contribution in [2.45, 2.75) is 25.5 Å². The predicted molar refractivity (Wildman–Crippen MR) is 130 cm³/mol. The molecule has 3 heteroatoms. The Hall–Kier alpha value is -3.04. The molecule has 0 aromatic heterocycles. The summed E-state index contributed by atoms with van der Waals surface area (Å²) in [5, 5.41) is 0. The van der Waals surface area contributed by atoms with Gasteiger partial charge in [0.1, 0.15) is 5.76 Å². The number of hydrogen-bond donors (Lipinski definition) is 0. The summed E-state index contributed by atoms with van der Waals surface area (Å²) in [5.74, 6) is 1.06. The van der Waals surface area contributed by atoms with Gasteiger partial charge in [-0.2, -0.15) is 0 Å². The van der Waals surface area contributed by atoms with Gasteiger partial charge in [0.2, 0.25) is 0 Å². The summed E-state index contributed by atoms with van der Waals surface area (Å²) in [6.45, 7) is 0.